The minimum atomic E-state index is -0.315. The van der Waals surface area contributed by atoms with Crippen molar-refractivity contribution >= 4 is 15.9 Å². The van der Waals surface area contributed by atoms with E-state index in [2.05, 4.69) is 22.5 Å². The van der Waals surface area contributed by atoms with Crippen molar-refractivity contribution in [2.75, 3.05) is 0 Å². The Morgan fingerprint density at radius 2 is 2.29 bits per heavy atom. The Labute approximate surface area is 91.9 Å². The number of halogens is 2. The molecular weight excluding hydrogens is 245 g/mol. The van der Waals surface area contributed by atoms with Crippen LogP contribution in [0.3, 0.4) is 0 Å². The van der Waals surface area contributed by atoms with Gasteiger partial charge in [-0.15, -0.1) is 6.58 Å². The molecule has 1 atom stereocenters. The molecule has 0 radical (unpaired) electrons. The van der Waals surface area contributed by atoms with Crippen molar-refractivity contribution in [1.29, 1.82) is 0 Å². The smallest absolute Gasteiger partial charge is 0.128 e. The molecule has 0 saturated heterocycles. The summed E-state index contributed by atoms with van der Waals surface area (Å²) in [7, 11) is 0. The van der Waals surface area contributed by atoms with Crippen LogP contribution in [-0.4, -0.2) is 0 Å². The van der Waals surface area contributed by atoms with Gasteiger partial charge in [-0.25, -0.2) is 4.39 Å². The molecule has 0 saturated carbocycles. The molecule has 0 fully saturated rings. The standard InChI is InChI=1S/C11H13BrFN/c1-7(2)5-11(14)9-6-8(12)3-4-10(9)13/h3-4,6,11H,1,5,14H2,2H3. The molecule has 1 aromatic rings. The molecule has 1 rings (SSSR count). The van der Waals surface area contributed by atoms with Crippen LogP contribution in [0.25, 0.3) is 0 Å². The molecule has 1 aromatic carbocycles. The van der Waals surface area contributed by atoms with Crippen LogP contribution in [-0.2, 0) is 0 Å². The van der Waals surface area contributed by atoms with E-state index in [1.54, 1.807) is 12.1 Å². The maximum Gasteiger partial charge on any atom is 0.128 e. The highest BCUT2D eigenvalue weighted by Gasteiger charge is 2.11. The van der Waals surface area contributed by atoms with Gasteiger partial charge < -0.3 is 5.73 Å². The van der Waals surface area contributed by atoms with Gasteiger partial charge in [0.05, 0.1) is 0 Å². The van der Waals surface area contributed by atoms with E-state index < -0.39 is 0 Å². The average molecular weight is 258 g/mol. The van der Waals surface area contributed by atoms with Gasteiger partial charge in [0.15, 0.2) is 0 Å². The van der Waals surface area contributed by atoms with Crippen LogP contribution in [0.4, 0.5) is 4.39 Å². The van der Waals surface area contributed by atoms with Gasteiger partial charge in [0.1, 0.15) is 5.82 Å². The van der Waals surface area contributed by atoms with E-state index in [0.717, 1.165) is 10.0 Å². The van der Waals surface area contributed by atoms with Gasteiger partial charge >= 0.3 is 0 Å². The van der Waals surface area contributed by atoms with Crippen molar-refractivity contribution in [3.05, 3.63) is 46.2 Å². The van der Waals surface area contributed by atoms with Crippen LogP contribution in [0.2, 0.25) is 0 Å². The number of rotatable bonds is 3. The summed E-state index contributed by atoms with van der Waals surface area (Å²) in [6.45, 7) is 5.64. The zero-order valence-electron chi connectivity index (χ0n) is 8.06. The molecule has 0 spiro atoms. The van der Waals surface area contributed by atoms with E-state index in [1.165, 1.54) is 6.07 Å². The van der Waals surface area contributed by atoms with E-state index in [4.69, 9.17) is 5.73 Å². The third-order valence-corrected chi connectivity index (χ3v) is 2.42. The summed E-state index contributed by atoms with van der Waals surface area (Å²) in [5, 5.41) is 0. The second-order valence-corrected chi connectivity index (χ2v) is 4.35. The molecule has 0 bridgehead atoms. The summed E-state index contributed by atoms with van der Waals surface area (Å²) in [5.74, 6) is -0.262. The third kappa shape index (κ3) is 2.93. The molecule has 1 unspecified atom stereocenters. The topological polar surface area (TPSA) is 26.0 Å². The van der Waals surface area contributed by atoms with Gasteiger partial charge in [0.2, 0.25) is 0 Å². The van der Waals surface area contributed by atoms with Crippen LogP contribution in [0.5, 0.6) is 0 Å². The number of hydrogen-bond acceptors (Lipinski definition) is 1. The fourth-order valence-electron chi connectivity index (χ4n) is 1.28. The highest BCUT2D eigenvalue weighted by molar-refractivity contribution is 9.10. The van der Waals surface area contributed by atoms with Gasteiger partial charge in [-0.1, -0.05) is 21.5 Å². The van der Waals surface area contributed by atoms with Crippen LogP contribution in [0.15, 0.2) is 34.8 Å². The molecule has 0 heterocycles. The molecule has 0 aliphatic carbocycles. The van der Waals surface area contributed by atoms with Crippen molar-refractivity contribution < 1.29 is 4.39 Å². The van der Waals surface area contributed by atoms with Crippen LogP contribution < -0.4 is 5.73 Å². The minimum Gasteiger partial charge on any atom is -0.324 e. The summed E-state index contributed by atoms with van der Waals surface area (Å²) in [4.78, 5) is 0. The van der Waals surface area contributed by atoms with Gasteiger partial charge in [0.25, 0.3) is 0 Å². The van der Waals surface area contributed by atoms with Crippen molar-refractivity contribution in [1.82, 2.24) is 0 Å². The molecule has 2 N–H and O–H groups in total. The predicted octanol–water partition coefficient (Wildman–Crippen LogP) is 3.55. The van der Waals surface area contributed by atoms with E-state index >= 15 is 0 Å². The molecule has 14 heavy (non-hydrogen) atoms. The number of benzene rings is 1. The van der Waals surface area contributed by atoms with Gasteiger partial charge in [0, 0.05) is 16.1 Å². The van der Waals surface area contributed by atoms with Crippen molar-refractivity contribution in [2.45, 2.75) is 19.4 Å². The highest BCUT2D eigenvalue weighted by Crippen LogP contribution is 2.23. The zero-order valence-corrected chi connectivity index (χ0v) is 9.64. The molecule has 76 valence electrons. The number of nitrogens with two attached hydrogens (primary N) is 1. The maximum atomic E-state index is 13.3. The van der Waals surface area contributed by atoms with E-state index in [-0.39, 0.29) is 11.9 Å². The van der Waals surface area contributed by atoms with E-state index in [1.807, 2.05) is 6.92 Å². The van der Waals surface area contributed by atoms with Crippen molar-refractivity contribution in [3.8, 4) is 0 Å². The maximum absolute atomic E-state index is 13.3. The fourth-order valence-corrected chi connectivity index (χ4v) is 1.66. The molecule has 3 heteroatoms. The van der Waals surface area contributed by atoms with E-state index in [9.17, 15) is 4.39 Å². The lowest BCUT2D eigenvalue weighted by molar-refractivity contribution is 0.579. The largest absolute Gasteiger partial charge is 0.324 e. The normalized spacial score (nSPS) is 12.6. The van der Waals surface area contributed by atoms with Crippen LogP contribution in [0.1, 0.15) is 24.9 Å². The first-order valence-electron chi connectivity index (χ1n) is 4.35. The van der Waals surface area contributed by atoms with Crippen LogP contribution in [0, 0.1) is 5.82 Å². The molecular formula is C11H13BrFN. The van der Waals surface area contributed by atoms with Gasteiger partial charge in [-0.3, -0.25) is 0 Å². The Morgan fingerprint density at radius 3 is 2.86 bits per heavy atom. The lowest BCUT2D eigenvalue weighted by Gasteiger charge is -2.13. The molecule has 1 nitrogen and oxygen atoms in total. The Hall–Kier alpha value is -0.670. The quantitative estimate of drug-likeness (QED) is 0.824. The highest BCUT2D eigenvalue weighted by atomic mass is 79.9. The molecule has 0 aliphatic heterocycles. The van der Waals surface area contributed by atoms with Crippen LogP contribution >= 0.6 is 15.9 Å². The van der Waals surface area contributed by atoms with Crippen molar-refractivity contribution in [2.24, 2.45) is 5.73 Å². The monoisotopic (exact) mass is 257 g/mol. The summed E-state index contributed by atoms with van der Waals surface area (Å²) in [6, 6.07) is 4.47. The summed E-state index contributed by atoms with van der Waals surface area (Å²) in [5.41, 5.74) is 7.33. The SMILES string of the molecule is C=C(C)CC(N)c1cc(Br)ccc1F. The summed E-state index contributed by atoms with van der Waals surface area (Å²) < 4.78 is 14.2. The fraction of sp³-hybridized carbons (Fsp3) is 0.273. The first-order chi connectivity index (χ1) is 6.50. The van der Waals surface area contributed by atoms with E-state index in [0.29, 0.717) is 12.0 Å². The first kappa shape index (κ1) is 11.4. The van der Waals surface area contributed by atoms with Gasteiger partial charge in [-0.2, -0.15) is 0 Å². The second-order valence-electron chi connectivity index (χ2n) is 3.43. The molecule has 0 amide bonds. The zero-order chi connectivity index (χ0) is 10.7. The first-order valence-corrected chi connectivity index (χ1v) is 5.15. The summed E-state index contributed by atoms with van der Waals surface area (Å²) in [6.07, 6.45) is 0.605. The Bertz CT molecular complexity index is 349. The Balaban J connectivity index is 2.93. The van der Waals surface area contributed by atoms with Crippen molar-refractivity contribution in [3.63, 3.8) is 0 Å². The Kier molecular flexibility index (Phi) is 3.84. The molecule has 0 aliphatic rings. The Morgan fingerprint density at radius 1 is 1.64 bits per heavy atom. The molecule has 0 aromatic heterocycles. The average Bonchev–Trinajstić information content (AvgIpc) is 2.08. The second kappa shape index (κ2) is 4.71. The lowest BCUT2D eigenvalue weighted by atomic mass is 10.0. The van der Waals surface area contributed by atoms with Gasteiger partial charge in [-0.05, 0) is 31.5 Å². The minimum absolute atomic E-state index is 0.262. The predicted molar refractivity (Wildman–Crippen MR) is 60.5 cm³/mol. The third-order valence-electron chi connectivity index (χ3n) is 1.93. The summed E-state index contributed by atoms with van der Waals surface area (Å²) >= 11 is 3.29. The number of hydrogen-bond donors (Lipinski definition) is 1. The lowest BCUT2D eigenvalue weighted by Crippen LogP contribution is -2.12.